The van der Waals surface area contributed by atoms with Crippen molar-refractivity contribution in [3.8, 4) is 17.1 Å². The largest absolute Gasteiger partial charge is 0.495 e. The maximum Gasteiger partial charge on any atom is 0.316 e. The summed E-state index contributed by atoms with van der Waals surface area (Å²) in [5.74, 6) is 0.214. The fraction of sp³-hybridized carbons (Fsp3) is 0.125. The number of ether oxygens (including phenoxy) is 1. The van der Waals surface area contributed by atoms with Crippen molar-refractivity contribution in [2.24, 2.45) is 0 Å². The van der Waals surface area contributed by atoms with Gasteiger partial charge in [0.2, 0.25) is 5.82 Å². The smallest absolute Gasteiger partial charge is 0.316 e. The number of anilines is 1. The Hall–Kier alpha value is -2.93. The van der Waals surface area contributed by atoms with Gasteiger partial charge in [0, 0.05) is 30.0 Å². The molecule has 1 aromatic carbocycles. The van der Waals surface area contributed by atoms with Crippen molar-refractivity contribution in [1.82, 2.24) is 15.1 Å². The van der Waals surface area contributed by atoms with Crippen LogP contribution in [0.25, 0.3) is 11.4 Å². The highest BCUT2D eigenvalue weighted by molar-refractivity contribution is 6.31. The van der Waals surface area contributed by atoms with Crippen LogP contribution in [0.3, 0.4) is 0 Å². The molecule has 0 N–H and O–H groups in total. The maximum absolute atomic E-state index is 12.6. The molecule has 122 valence electrons. The zero-order valence-electron chi connectivity index (χ0n) is 12.9. The number of benzene rings is 1. The van der Waals surface area contributed by atoms with Crippen LogP contribution in [0.2, 0.25) is 5.02 Å². The minimum Gasteiger partial charge on any atom is -0.495 e. The minimum absolute atomic E-state index is 0.133. The topological polar surface area (TPSA) is 81.4 Å². The van der Waals surface area contributed by atoms with Crippen LogP contribution in [0.4, 0.5) is 5.69 Å². The molecule has 2 aromatic heterocycles. The van der Waals surface area contributed by atoms with Gasteiger partial charge >= 0.3 is 11.8 Å². The second-order valence-corrected chi connectivity index (χ2v) is 5.28. The van der Waals surface area contributed by atoms with E-state index in [1.54, 1.807) is 49.8 Å². The molecule has 0 bridgehead atoms. The molecule has 0 spiro atoms. The lowest BCUT2D eigenvalue weighted by Crippen LogP contribution is -2.27. The second-order valence-electron chi connectivity index (χ2n) is 4.84. The molecule has 0 aliphatic carbocycles. The summed E-state index contributed by atoms with van der Waals surface area (Å²) >= 11 is 6.00. The Balaban J connectivity index is 1.90. The number of aromatic nitrogens is 3. The van der Waals surface area contributed by atoms with Gasteiger partial charge in [0.15, 0.2) is 0 Å². The highest BCUT2D eigenvalue weighted by Gasteiger charge is 2.23. The van der Waals surface area contributed by atoms with Gasteiger partial charge in [0.1, 0.15) is 5.75 Å². The highest BCUT2D eigenvalue weighted by atomic mass is 35.5. The highest BCUT2D eigenvalue weighted by Crippen LogP contribution is 2.31. The van der Waals surface area contributed by atoms with Gasteiger partial charge in [0.25, 0.3) is 0 Å². The predicted octanol–water partition coefficient (Wildman–Crippen LogP) is 3.07. The molecule has 8 heteroatoms. The monoisotopic (exact) mass is 344 g/mol. The van der Waals surface area contributed by atoms with Gasteiger partial charge in [-0.15, -0.1) is 0 Å². The summed E-state index contributed by atoms with van der Waals surface area (Å²) in [7, 11) is 3.09. The van der Waals surface area contributed by atoms with Crippen molar-refractivity contribution < 1.29 is 14.1 Å². The molecule has 0 aliphatic rings. The Kier molecular flexibility index (Phi) is 4.43. The molecule has 0 saturated carbocycles. The van der Waals surface area contributed by atoms with E-state index in [-0.39, 0.29) is 5.89 Å². The number of hydrogen-bond acceptors (Lipinski definition) is 6. The maximum atomic E-state index is 12.6. The minimum atomic E-state index is -0.469. The quantitative estimate of drug-likeness (QED) is 0.723. The lowest BCUT2D eigenvalue weighted by atomic mass is 10.2. The molecule has 24 heavy (non-hydrogen) atoms. The van der Waals surface area contributed by atoms with Gasteiger partial charge in [-0.1, -0.05) is 16.8 Å². The summed E-state index contributed by atoms with van der Waals surface area (Å²) in [5, 5.41) is 4.31. The first kappa shape index (κ1) is 15.9. The number of carbonyl (C=O) groups excluding carboxylic acids is 1. The average Bonchev–Trinajstić information content (AvgIpc) is 3.11. The fourth-order valence-corrected chi connectivity index (χ4v) is 2.27. The van der Waals surface area contributed by atoms with E-state index in [2.05, 4.69) is 15.1 Å². The molecule has 0 unspecified atom stereocenters. The van der Waals surface area contributed by atoms with Crippen LogP contribution < -0.4 is 9.64 Å². The first-order valence-corrected chi connectivity index (χ1v) is 7.33. The van der Waals surface area contributed by atoms with Gasteiger partial charge in [-0.3, -0.25) is 9.78 Å². The van der Waals surface area contributed by atoms with Crippen molar-refractivity contribution in [1.29, 1.82) is 0 Å². The molecule has 3 rings (SSSR count). The van der Waals surface area contributed by atoms with Gasteiger partial charge < -0.3 is 14.2 Å². The third-order valence-corrected chi connectivity index (χ3v) is 3.59. The Labute approximate surface area is 142 Å². The van der Waals surface area contributed by atoms with E-state index in [1.165, 1.54) is 12.0 Å². The molecule has 0 radical (unpaired) electrons. The van der Waals surface area contributed by atoms with Crippen molar-refractivity contribution in [2.75, 3.05) is 19.1 Å². The van der Waals surface area contributed by atoms with Crippen LogP contribution in [0.5, 0.6) is 5.75 Å². The zero-order valence-corrected chi connectivity index (χ0v) is 13.7. The Morgan fingerprint density at radius 3 is 2.71 bits per heavy atom. The fourth-order valence-electron chi connectivity index (χ4n) is 2.11. The van der Waals surface area contributed by atoms with Crippen molar-refractivity contribution >= 4 is 23.2 Å². The SMILES string of the molecule is COc1ccc(Cl)cc1N(C)C(=O)c1nc(-c2ccncc2)no1. The van der Waals surface area contributed by atoms with E-state index in [1.807, 2.05) is 0 Å². The normalized spacial score (nSPS) is 10.5. The van der Waals surface area contributed by atoms with E-state index >= 15 is 0 Å². The lowest BCUT2D eigenvalue weighted by Gasteiger charge is -2.18. The molecule has 0 fully saturated rings. The van der Waals surface area contributed by atoms with E-state index in [0.717, 1.165) is 0 Å². The van der Waals surface area contributed by atoms with E-state index in [9.17, 15) is 4.79 Å². The molecular weight excluding hydrogens is 332 g/mol. The van der Waals surface area contributed by atoms with Crippen molar-refractivity contribution in [3.05, 3.63) is 53.6 Å². The van der Waals surface area contributed by atoms with Crippen LogP contribution in [-0.4, -0.2) is 35.2 Å². The van der Waals surface area contributed by atoms with Crippen LogP contribution in [0.1, 0.15) is 10.7 Å². The predicted molar refractivity (Wildman–Crippen MR) is 88.3 cm³/mol. The van der Waals surface area contributed by atoms with E-state index < -0.39 is 5.91 Å². The second kappa shape index (κ2) is 6.67. The van der Waals surface area contributed by atoms with Crippen LogP contribution in [0, 0.1) is 0 Å². The van der Waals surface area contributed by atoms with Gasteiger partial charge in [-0.2, -0.15) is 4.98 Å². The number of rotatable bonds is 4. The lowest BCUT2D eigenvalue weighted by molar-refractivity contribution is 0.0950. The molecule has 3 aromatic rings. The first-order chi connectivity index (χ1) is 11.6. The Morgan fingerprint density at radius 2 is 2.00 bits per heavy atom. The van der Waals surface area contributed by atoms with Crippen LogP contribution >= 0.6 is 11.6 Å². The molecule has 7 nitrogen and oxygen atoms in total. The number of pyridine rings is 1. The standard InChI is InChI=1S/C16H13ClN4O3/c1-21(12-9-11(17)3-4-13(12)23-2)16(22)15-19-14(20-24-15)10-5-7-18-8-6-10/h3-9H,1-2H3. The zero-order chi connectivity index (χ0) is 17.1. The van der Waals surface area contributed by atoms with Gasteiger partial charge in [0.05, 0.1) is 12.8 Å². The number of halogens is 1. The van der Waals surface area contributed by atoms with Crippen LogP contribution in [0.15, 0.2) is 47.2 Å². The number of methoxy groups -OCH3 is 1. The molecule has 2 heterocycles. The summed E-state index contributed by atoms with van der Waals surface area (Å²) in [6.45, 7) is 0. The number of nitrogens with zero attached hydrogens (tertiary/aromatic N) is 4. The molecule has 0 aliphatic heterocycles. The number of carbonyl (C=O) groups is 1. The van der Waals surface area contributed by atoms with Gasteiger partial charge in [-0.05, 0) is 30.3 Å². The molecule has 0 saturated heterocycles. The summed E-state index contributed by atoms with van der Waals surface area (Å²) in [6, 6.07) is 8.43. The van der Waals surface area contributed by atoms with Crippen LogP contribution in [-0.2, 0) is 0 Å². The number of hydrogen-bond donors (Lipinski definition) is 0. The average molecular weight is 345 g/mol. The molecule has 1 amide bonds. The molecule has 0 atom stereocenters. The van der Waals surface area contributed by atoms with E-state index in [0.29, 0.717) is 27.8 Å². The van der Waals surface area contributed by atoms with E-state index in [4.69, 9.17) is 20.9 Å². The van der Waals surface area contributed by atoms with Crippen molar-refractivity contribution in [3.63, 3.8) is 0 Å². The number of amides is 1. The summed E-state index contributed by atoms with van der Waals surface area (Å²) in [6.07, 6.45) is 3.21. The summed E-state index contributed by atoms with van der Waals surface area (Å²) in [5.41, 5.74) is 1.20. The third kappa shape index (κ3) is 3.07. The Bertz CT molecular complexity index is 867. The Morgan fingerprint density at radius 1 is 1.25 bits per heavy atom. The molecular formula is C16H13ClN4O3. The van der Waals surface area contributed by atoms with Gasteiger partial charge in [-0.25, -0.2) is 0 Å². The first-order valence-electron chi connectivity index (χ1n) is 6.96. The summed E-state index contributed by atoms with van der Waals surface area (Å²) in [4.78, 5) is 22.0. The summed E-state index contributed by atoms with van der Waals surface area (Å²) < 4.78 is 10.3. The third-order valence-electron chi connectivity index (χ3n) is 3.35. The van der Waals surface area contributed by atoms with Crippen molar-refractivity contribution in [2.45, 2.75) is 0 Å².